The maximum Gasteiger partial charge on any atom is 0.120 e. The Morgan fingerprint density at radius 3 is 2.41 bits per heavy atom. The van der Waals surface area contributed by atoms with Crippen molar-refractivity contribution < 1.29 is 4.74 Å². The van der Waals surface area contributed by atoms with Crippen molar-refractivity contribution in [2.45, 2.75) is 46.3 Å². The Balaban J connectivity index is 1.94. The van der Waals surface area contributed by atoms with E-state index in [9.17, 15) is 0 Å². The molecule has 0 saturated carbocycles. The van der Waals surface area contributed by atoms with Gasteiger partial charge in [0.1, 0.15) is 12.4 Å². The van der Waals surface area contributed by atoms with E-state index in [-0.39, 0.29) is 6.04 Å². The summed E-state index contributed by atoms with van der Waals surface area (Å²) in [5.74, 6) is 1.54. The number of benzene rings is 2. The van der Waals surface area contributed by atoms with E-state index >= 15 is 0 Å². The molecular weight excluding hydrogens is 270 g/mol. The van der Waals surface area contributed by atoms with Gasteiger partial charge in [0.05, 0.1) is 0 Å². The van der Waals surface area contributed by atoms with Gasteiger partial charge in [-0.3, -0.25) is 0 Å². The van der Waals surface area contributed by atoms with Crippen LogP contribution < -0.4 is 10.5 Å². The molecule has 2 aromatic carbocycles. The maximum absolute atomic E-state index is 5.88. The Morgan fingerprint density at radius 2 is 1.77 bits per heavy atom. The molecule has 0 heterocycles. The van der Waals surface area contributed by atoms with Gasteiger partial charge in [-0.15, -0.1) is 0 Å². The molecule has 0 aliphatic heterocycles. The molecule has 0 aromatic heterocycles. The predicted molar refractivity (Wildman–Crippen MR) is 93.1 cm³/mol. The zero-order chi connectivity index (χ0) is 15.9. The van der Waals surface area contributed by atoms with E-state index in [1.807, 2.05) is 18.2 Å². The van der Waals surface area contributed by atoms with Gasteiger partial charge in [-0.25, -0.2) is 0 Å². The summed E-state index contributed by atoms with van der Waals surface area (Å²) in [5.41, 5.74) is 9.76. The molecule has 2 atom stereocenters. The van der Waals surface area contributed by atoms with Crippen LogP contribution in [0.25, 0.3) is 0 Å². The number of nitrogens with two attached hydrogens (primary N) is 1. The average Bonchev–Trinajstić information content (AvgIpc) is 2.48. The van der Waals surface area contributed by atoms with E-state index in [2.05, 4.69) is 51.1 Å². The fourth-order valence-electron chi connectivity index (χ4n) is 2.82. The molecule has 0 amide bonds. The summed E-state index contributed by atoms with van der Waals surface area (Å²) in [4.78, 5) is 0. The van der Waals surface area contributed by atoms with Crippen molar-refractivity contribution in [3.05, 3.63) is 65.2 Å². The first-order valence-corrected chi connectivity index (χ1v) is 8.06. The van der Waals surface area contributed by atoms with Crippen molar-refractivity contribution in [1.82, 2.24) is 0 Å². The van der Waals surface area contributed by atoms with Crippen molar-refractivity contribution >= 4 is 0 Å². The lowest BCUT2D eigenvalue weighted by molar-refractivity contribution is 0.306. The van der Waals surface area contributed by atoms with Crippen LogP contribution in [0.15, 0.2) is 48.5 Å². The van der Waals surface area contributed by atoms with Crippen LogP contribution in [0.3, 0.4) is 0 Å². The Hall–Kier alpha value is -1.80. The standard InChI is InChI=1S/C20H27NO/c1-15(11-17(3)21)12-19-9-10-20(13-16(19)2)22-14-18-7-5-4-6-8-18/h4-10,13,15,17H,11-12,14,21H2,1-3H3. The summed E-state index contributed by atoms with van der Waals surface area (Å²) in [6.07, 6.45) is 2.14. The second kappa shape index (κ2) is 8.00. The van der Waals surface area contributed by atoms with Gasteiger partial charge in [-0.2, -0.15) is 0 Å². The van der Waals surface area contributed by atoms with E-state index in [0.29, 0.717) is 12.5 Å². The first-order chi connectivity index (χ1) is 10.5. The number of rotatable bonds is 7. The molecule has 2 rings (SSSR count). The first kappa shape index (κ1) is 16.6. The van der Waals surface area contributed by atoms with Gasteiger partial charge in [0.15, 0.2) is 0 Å². The molecular formula is C20H27NO. The quantitative estimate of drug-likeness (QED) is 0.817. The highest BCUT2D eigenvalue weighted by Crippen LogP contribution is 2.22. The van der Waals surface area contributed by atoms with Crippen molar-refractivity contribution in [2.24, 2.45) is 11.7 Å². The smallest absolute Gasteiger partial charge is 0.120 e. The lowest BCUT2D eigenvalue weighted by atomic mass is 9.93. The third kappa shape index (κ3) is 5.19. The van der Waals surface area contributed by atoms with Gasteiger partial charge < -0.3 is 10.5 Å². The first-order valence-electron chi connectivity index (χ1n) is 8.06. The van der Waals surface area contributed by atoms with Crippen molar-refractivity contribution in [3.8, 4) is 5.75 Å². The molecule has 118 valence electrons. The Morgan fingerprint density at radius 1 is 1.05 bits per heavy atom. The van der Waals surface area contributed by atoms with Crippen LogP contribution in [-0.2, 0) is 13.0 Å². The number of hydrogen-bond donors (Lipinski definition) is 1. The molecule has 2 nitrogen and oxygen atoms in total. The molecule has 0 radical (unpaired) electrons. The monoisotopic (exact) mass is 297 g/mol. The summed E-state index contributed by atoms with van der Waals surface area (Å²) >= 11 is 0. The number of aryl methyl sites for hydroxylation is 1. The SMILES string of the molecule is Cc1cc(OCc2ccccc2)ccc1CC(C)CC(C)N. The lowest BCUT2D eigenvalue weighted by Gasteiger charge is -2.16. The van der Waals surface area contributed by atoms with Gasteiger partial charge in [0.25, 0.3) is 0 Å². The predicted octanol–water partition coefficient (Wildman–Crippen LogP) is 4.49. The van der Waals surface area contributed by atoms with Crippen molar-refractivity contribution in [2.75, 3.05) is 0 Å². The van der Waals surface area contributed by atoms with Gasteiger partial charge in [-0.05, 0) is 61.4 Å². The number of hydrogen-bond acceptors (Lipinski definition) is 2. The fourth-order valence-corrected chi connectivity index (χ4v) is 2.82. The van der Waals surface area contributed by atoms with Crippen LogP contribution in [-0.4, -0.2) is 6.04 Å². The Bertz CT molecular complexity index is 578. The van der Waals surface area contributed by atoms with Crippen LogP contribution >= 0.6 is 0 Å². The molecule has 22 heavy (non-hydrogen) atoms. The van der Waals surface area contributed by atoms with Gasteiger partial charge in [-0.1, -0.05) is 43.3 Å². The minimum atomic E-state index is 0.267. The molecule has 2 unspecified atom stereocenters. The highest BCUT2D eigenvalue weighted by molar-refractivity contribution is 5.35. The molecule has 2 heteroatoms. The molecule has 0 fully saturated rings. The molecule has 2 N–H and O–H groups in total. The maximum atomic E-state index is 5.88. The Kier molecular flexibility index (Phi) is 6.02. The van der Waals surface area contributed by atoms with E-state index in [4.69, 9.17) is 10.5 Å². The average molecular weight is 297 g/mol. The van der Waals surface area contributed by atoms with E-state index < -0.39 is 0 Å². The van der Waals surface area contributed by atoms with Gasteiger partial charge in [0, 0.05) is 6.04 Å². The van der Waals surface area contributed by atoms with Crippen LogP contribution in [0.2, 0.25) is 0 Å². The fraction of sp³-hybridized carbons (Fsp3) is 0.400. The second-order valence-electron chi connectivity index (χ2n) is 6.38. The molecule has 0 bridgehead atoms. The minimum absolute atomic E-state index is 0.267. The van der Waals surface area contributed by atoms with Crippen LogP contribution in [0.5, 0.6) is 5.75 Å². The topological polar surface area (TPSA) is 35.2 Å². The summed E-state index contributed by atoms with van der Waals surface area (Å²) in [7, 11) is 0. The zero-order valence-electron chi connectivity index (χ0n) is 13.9. The molecule has 0 aliphatic rings. The number of ether oxygens (including phenoxy) is 1. The van der Waals surface area contributed by atoms with Crippen LogP contribution in [0.4, 0.5) is 0 Å². The summed E-state index contributed by atoms with van der Waals surface area (Å²) < 4.78 is 5.88. The highest BCUT2D eigenvalue weighted by atomic mass is 16.5. The molecule has 2 aromatic rings. The van der Waals surface area contributed by atoms with E-state index in [1.165, 1.54) is 16.7 Å². The van der Waals surface area contributed by atoms with Gasteiger partial charge >= 0.3 is 0 Å². The van der Waals surface area contributed by atoms with Crippen LogP contribution in [0, 0.1) is 12.8 Å². The van der Waals surface area contributed by atoms with E-state index in [0.717, 1.165) is 18.6 Å². The van der Waals surface area contributed by atoms with Crippen molar-refractivity contribution in [1.29, 1.82) is 0 Å². The second-order valence-corrected chi connectivity index (χ2v) is 6.38. The summed E-state index contributed by atoms with van der Waals surface area (Å²) in [6, 6.07) is 16.9. The van der Waals surface area contributed by atoms with E-state index in [1.54, 1.807) is 0 Å². The lowest BCUT2D eigenvalue weighted by Crippen LogP contribution is -2.19. The largest absolute Gasteiger partial charge is 0.489 e. The van der Waals surface area contributed by atoms with Gasteiger partial charge in [0.2, 0.25) is 0 Å². The van der Waals surface area contributed by atoms with Crippen LogP contribution in [0.1, 0.15) is 37.0 Å². The third-order valence-electron chi connectivity index (χ3n) is 3.90. The third-order valence-corrected chi connectivity index (χ3v) is 3.90. The molecule has 0 aliphatic carbocycles. The Labute approximate surface area is 134 Å². The zero-order valence-corrected chi connectivity index (χ0v) is 13.9. The minimum Gasteiger partial charge on any atom is -0.489 e. The van der Waals surface area contributed by atoms with Crippen molar-refractivity contribution in [3.63, 3.8) is 0 Å². The molecule has 0 spiro atoms. The highest BCUT2D eigenvalue weighted by Gasteiger charge is 2.09. The normalized spacial score (nSPS) is 13.6. The summed E-state index contributed by atoms with van der Waals surface area (Å²) in [5, 5.41) is 0. The molecule has 0 saturated heterocycles. The summed E-state index contributed by atoms with van der Waals surface area (Å²) in [6.45, 7) is 7.11.